The maximum Gasteiger partial charge on any atom is 0.325 e. The molecule has 0 saturated heterocycles. The number of nitrogen functional groups attached to an aromatic ring is 1. The zero-order valence-electron chi connectivity index (χ0n) is 8.54. The number of nitrogens with zero attached hydrogens (tertiary/aromatic N) is 4. The van der Waals surface area contributed by atoms with Gasteiger partial charge in [-0.1, -0.05) is 11.6 Å². The predicted octanol–water partition coefficient (Wildman–Crippen LogP) is 0.660. The lowest BCUT2D eigenvalue weighted by Crippen LogP contribution is -2.08. The summed E-state index contributed by atoms with van der Waals surface area (Å²) in [6.45, 7) is -0.216. The molecule has 0 aromatic carbocycles. The summed E-state index contributed by atoms with van der Waals surface area (Å²) in [7, 11) is 0. The lowest BCUT2D eigenvalue weighted by molar-refractivity contribution is -0.137. The standard InChI is InChI=1S/C9H8ClN5O2/c10-7-1-6(9(11)14-13-7)5-2-12-15(3-5)4-8(16)17/h1-3H,4H2,(H2,11,14)(H,16,17). The summed E-state index contributed by atoms with van der Waals surface area (Å²) < 4.78 is 1.28. The van der Waals surface area contributed by atoms with Crippen LogP contribution in [0.15, 0.2) is 18.5 Å². The van der Waals surface area contributed by atoms with E-state index in [1.165, 1.54) is 10.9 Å². The summed E-state index contributed by atoms with van der Waals surface area (Å²) in [5.74, 6) is -0.761. The van der Waals surface area contributed by atoms with Crippen LogP contribution in [0.5, 0.6) is 0 Å². The van der Waals surface area contributed by atoms with Crippen LogP contribution in [0.3, 0.4) is 0 Å². The van der Waals surface area contributed by atoms with E-state index >= 15 is 0 Å². The summed E-state index contributed by atoms with van der Waals surface area (Å²) in [6.07, 6.45) is 3.05. The van der Waals surface area contributed by atoms with Crippen molar-refractivity contribution >= 4 is 23.4 Å². The molecule has 2 aromatic rings. The molecular formula is C9H8ClN5O2. The van der Waals surface area contributed by atoms with Crippen molar-refractivity contribution < 1.29 is 9.90 Å². The molecule has 3 N–H and O–H groups in total. The second kappa shape index (κ2) is 4.38. The van der Waals surface area contributed by atoms with Crippen molar-refractivity contribution in [1.29, 1.82) is 0 Å². The molecule has 7 nitrogen and oxygen atoms in total. The van der Waals surface area contributed by atoms with Gasteiger partial charge < -0.3 is 10.8 Å². The van der Waals surface area contributed by atoms with Crippen LogP contribution < -0.4 is 5.73 Å². The van der Waals surface area contributed by atoms with Crippen molar-refractivity contribution in [2.75, 3.05) is 5.73 Å². The van der Waals surface area contributed by atoms with E-state index in [9.17, 15) is 4.79 Å². The van der Waals surface area contributed by atoms with Gasteiger partial charge in [0.25, 0.3) is 0 Å². The Labute approximate surface area is 101 Å². The van der Waals surface area contributed by atoms with Crippen molar-refractivity contribution in [3.05, 3.63) is 23.6 Å². The molecule has 2 aromatic heterocycles. The van der Waals surface area contributed by atoms with Crippen LogP contribution in [0, 0.1) is 0 Å². The van der Waals surface area contributed by atoms with E-state index in [4.69, 9.17) is 22.4 Å². The summed E-state index contributed by atoms with van der Waals surface area (Å²) in [5, 5.41) is 20.0. The molecule has 17 heavy (non-hydrogen) atoms. The predicted molar refractivity (Wildman–Crippen MR) is 60.3 cm³/mol. The second-order valence-corrected chi connectivity index (χ2v) is 3.67. The molecule has 0 unspecified atom stereocenters. The number of rotatable bonds is 3. The third-order valence-corrected chi connectivity index (χ3v) is 2.22. The monoisotopic (exact) mass is 253 g/mol. The molecule has 0 aliphatic heterocycles. The highest BCUT2D eigenvalue weighted by Gasteiger charge is 2.09. The minimum absolute atomic E-state index is 0.209. The molecule has 8 heteroatoms. The van der Waals surface area contributed by atoms with Crippen molar-refractivity contribution in [3.8, 4) is 11.1 Å². The van der Waals surface area contributed by atoms with Crippen molar-refractivity contribution in [3.63, 3.8) is 0 Å². The Balaban J connectivity index is 2.36. The molecule has 2 rings (SSSR count). The van der Waals surface area contributed by atoms with E-state index in [1.807, 2.05) is 0 Å². The van der Waals surface area contributed by atoms with Crippen LogP contribution in [-0.4, -0.2) is 31.1 Å². The molecule has 0 amide bonds. The second-order valence-electron chi connectivity index (χ2n) is 3.29. The number of carboxylic acids is 1. The van der Waals surface area contributed by atoms with Crippen molar-refractivity contribution in [2.24, 2.45) is 0 Å². The number of anilines is 1. The first-order chi connectivity index (χ1) is 8.06. The summed E-state index contributed by atoms with van der Waals surface area (Å²) >= 11 is 5.71. The van der Waals surface area contributed by atoms with Crippen LogP contribution in [0.4, 0.5) is 5.82 Å². The maximum absolute atomic E-state index is 10.5. The largest absolute Gasteiger partial charge is 0.480 e. The Morgan fingerprint density at radius 3 is 3.00 bits per heavy atom. The highest BCUT2D eigenvalue weighted by Crippen LogP contribution is 2.25. The minimum Gasteiger partial charge on any atom is -0.480 e. The van der Waals surface area contributed by atoms with E-state index in [0.29, 0.717) is 11.1 Å². The molecular weight excluding hydrogens is 246 g/mol. The first kappa shape index (κ1) is 11.3. The fraction of sp³-hybridized carbons (Fsp3) is 0.111. The van der Waals surface area contributed by atoms with Gasteiger partial charge in [0.2, 0.25) is 0 Å². The van der Waals surface area contributed by atoms with Crippen LogP contribution >= 0.6 is 11.6 Å². The SMILES string of the molecule is Nc1nnc(Cl)cc1-c1cnn(CC(=O)O)c1. The maximum atomic E-state index is 10.5. The van der Waals surface area contributed by atoms with Gasteiger partial charge in [0, 0.05) is 17.3 Å². The van der Waals surface area contributed by atoms with Gasteiger partial charge in [-0.15, -0.1) is 10.2 Å². The lowest BCUT2D eigenvalue weighted by atomic mass is 10.1. The molecule has 0 spiro atoms. The van der Waals surface area contributed by atoms with Gasteiger partial charge >= 0.3 is 5.97 Å². The van der Waals surface area contributed by atoms with Crippen LogP contribution in [-0.2, 0) is 11.3 Å². The lowest BCUT2D eigenvalue weighted by Gasteiger charge is -2.00. The van der Waals surface area contributed by atoms with E-state index in [1.54, 1.807) is 12.3 Å². The quantitative estimate of drug-likeness (QED) is 0.832. The summed E-state index contributed by atoms with van der Waals surface area (Å²) in [4.78, 5) is 10.5. The van der Waals surface area contributed by atoms with Crippen LogP contribution in [0.25, 0.3) is 11.1 Å². The molecule has 2 heterocycles. The first-order valence-electron chi connectivity index (χ1n) is 4.59. The van der Waals surface area contributed by atoms with Crippen molar-refractivity contribution in [2.45, 2.75) is 6.54 Å². The van der Waals surface area contributed by atoms with Gasteiger partial charge in [0.1, 0.15) is 6.54 Å². The van der Waals surface area contributed by atoms with Gasteiger partial charge in [0.15, 0.2) is 11.0 Å². The van der Waals surface area contributed by atoms with Gasteiger partial charge in [-0.05, 0) is 6.07 Å². The summed E-state index contributed by atoms with van der Waals surface area (Å²) in [6, 6.07) is 1.55. The van der Waals surface area contributed by atoms with E-state index < -0.39 is 5.97 Å². The number of nitrogens with two attached hydrogens (primary N) is 1. The number of carbonyl (C=O) groups is 1. The first-order valence-corrected chi connectivity index (χ1v) is 4.97. The Kier molecular flexibility index (Phi) is 2.92. The zero-order valence-corrected chi connectivity index (χ0v) is 9.29. The topological polar surface area (TPSA) is 107 Å². The average molecular weight is 254 g/mol. The fourth-order valence-electron chi connectivity index (χ4n) is 1.34. The molecule has 0 aliphatic carbocycles. The molecule has 0 fully saturated rings. The third kappa shape index (κ3) is 2.51. The molecule has 0 radical (unpaired) electrons. The van der Waals surface area contributed by atoms with Gasteiger partial charge in [-0.2, -0.15) is 5.10 Å². The van der Waals surface area contributed by atoms with E-state index in [2.05, 4.69) is 15.3 Å². The molecule has 88 valence electrons. The highest BCUT2D eigenvalue weighted by molar-refractivity contribution is 6.29. The zero-order chi connectivity index (χ0) is 12.4. The summed E-state index contributed by atoms with van der Waals surface area (Å²) in [5.41, 5.74) is 6.86. The Morgan fingerprint density at radius 1 is 1.53 bits per heavy atom. The Hall–Kier alpha value is -2.15. The highest BCUT2D eigenvalue weighted by atomic mass is 35.5. The number of aromatic nitrogens is 4. The number of halogens is 1. The number of carboxylic acid groups (broad SMARTS) is 1. The normalized spacial score (nSPS) is 10.4. The molecule has 0 atom stereocenters. The van der Waals surface area contributed by atoms with Gasteiger partial charge in [-0.3, -0.25) is 9.48 Å². The molecule has 0 aliphatic rings. The van der Waals surface area contributed by atoms with Gasteiger partial charge in [0.05, 0.1) is 6.20 Å². The fourth-order valence-corrected chi connectivity index (χ4v) is 1.48. The smallest absolute Gasteiger partial charge is 0.325 e. The number of hydrogen-bond donors (Lipinski definition) is 2. The van der Waals surface area contributed by atoms with Crippen LogP contribution in [0.1, 0.15) is 0 Å². The van der Waals surface area contributed by atoms with E-state index in [-0.39, 0.29) is 17.5 Å². The average Bonchev–Trinajstić information content (AvgIpc) is 2.69. The Morgan fingerprint density at radius 2 is 2.29 bits per heavy atom. The van der Waals surface area contributed by atoms with Crippen LogP contribution in [0.2, 0.25) is 5.15 Å². The molecule has 0 saturated carbocycles. The minimum atomic E-state index is -0.974. The molecule has 0 bridgehead atoms. The van der Waals surface area contributed by atoms with E-state index in [0.717, 1.165) is 0 Å². The number of hydrogen-bond acceptors (Lipinski definition) is 5. The van der Waals surface area contributed by atoms with Gasteiger partial charge in [-0.25, -0.2) is 0 Å². The Bertz CT molecular complexity index is 568. The van der Waals surface area contributed by atoms with Crippen molar-refractivity contribution in [1.82, 2.24) is 20.0 Å². The third-order valence-electron chi connectivity index (χ3n) is 2.03. The number of aliphatic carboxylic acids is 1.